The Labute approximate surface area is 129 Å². The van der Waals surface area contributed by atoms with Crippen molar-refractivity contribution in [1.29, 1.82) is 0 Å². The van der Waals surface area contributed by atoms with Crippen molar-refractivity contribution in [3.05, 3.63) is 46.5 Å². The minimum atomic E-state index is 0.0994. The molecule has 1 aromatic carbocycles. The number of benzene rings is 1. The van der Waals surface area contributed by atoms with E-state index in [9.17, 15) is 4.79 Å². The standard InChI is InChI=1S/C16H21N3OS/c1-12-5-3-4-6-13(12)7-8-15(20)18-10-9-14-11-21-16(17-2)19-14/h3-6,11H,7-10H2,1-2H3,(H,17,19)(H,18,20). The van der Waals surface area contributed by atoms with E-state index in [1.165, 1.54) is 11.1 Å². The summed E-state index contributed by atoms with van der Waals surface area (Å²) in [4.78, 5) is 16.2. The summed E-state index contributed by atoms with van der Waals surface area (Å²) < 4.78 is 0. The Morgan fingerprint density at radius 3 is 2.81 bits per heavy atom. The smallest absolute Gasteiger partial charge is 0.220 e. The van der Waals surface area contributed by atoms with Crippen molar-refractivity contribution in [2.75, 3.05) is 18.9 Å². The topological polar surface area (TPSA) is 54.0 Å². The molecule has 0 radical (unpaired) electrons. The largest absolute Gasteiger partial charge is 0.365 e. The van der Waals surface area contributed by atoms with Crippen LogP contribution >= 0.6 is 11.3 Å². The minimum Gasteiger partial charge on any atom is -0.365 e. The summed E-state index contributed by atoms with van der Waals surface area (Å²) in [5.41, 5.74) is 3.50. The maximum absolute atomic E-state index is 11.8. The molecule has 2 N–H and O–H groups in total. The van der Waals surface area contributed by atoms with Crippen LogP contribution in [0.15, 0.2) is 29.6 Å². The molecular formula is C16H21N3OS. The second-order valence-corrected chi connectivity index (χ2v) is 5.78. The number of thiazole rings is 1. The molecule has 2 rings (SSSR count). The first-order valence-electron chi connectivity index (χ1n) is 7.12. The molecule has 2 aromatic rings. The highest BCUT2D eigenvalue weighted by Gasteiger charge is 2.05. The van der Waals surface area contributed by atoms with E-state index < -0.39 is 0 Å². The predicted octanol–water partition coefficient (Wildman–Crippen LogP) is 2.78. The number of anilines is 1. The molecule has 0 aliphatic heterocycles. The van der Waals surface area contributed by atoms with Crippen LogP contribution in [0, 0.1) is 6.92 Å². The van der Waals surface area contributed by atoms with E-state index in [4.69, 9.17) is 0 Å². The highest BCUT2D eigenvalue weighted by atomic mass is 32.1. The summed E-state index contributed by atoms with van der Waals surface area (Å²) in [6.45, 7) is 2.72. The van der Waals surface area contributed by atoms with E-state index in [1.807, 2.05) is 24.6 Å². The van der Waals surface area contributed by atoms with Crippen LogP contribution in [0.1, 0.15) is 23.2 Å². The van der Waals surface area contributed by atoms with Crippen molar-refractivity contribution in [3.8, 4) is 0 Å². The van der Waals surface area contributed by atoms with Gasteiger partial charge in [-0.2, -0.15) is 0 Å². The lowest BCUT2D eigenvalue weighted by Gasteiger charge is -2.06. The fourth-order valence-electron chi connectivity index (χ4n) is 2.09. The van der Waals surface area contributed by atoms with Crippen molar-refractivity contribution < 1.29 is 4.79 Å². The van der Waals surface area contributed by atoms with E-state index in [0.29, 0.717) is 13.0 Å². The van der Waals surface area contributed by atoms with Gasteiger partial charge in [-0.15, -0.1) is 11.3 Å². The van der Waals surface area contributed by atoms with Gasteiger partial charge in [-0.05, 0) is 24.5 Å². The Morgan fingerprint density at radius 2 is 2.10 bits per heavy atom. The fourth-order valence-corrected chi connectivity index (χ4v) is 2.80. The first-order chi connectivity index (χ1) is 10.2. The molecule has 0 unspecified atom stereocenters. The highest BCUT2D eigenvalue weighted by Crippen LogP contribution is 2.14. The number of aryl methyl sites for hydroxylation is 2. The van der Waals surface area contributed by atoms with Gasteiger partial charge >= 0.3 is 0 Å². The van der Waals surface area contributed by atoms with Crippen LogP contribution in [0.25, 0.3) is 0 Å². The zero-order chi connectivity index (χ0) is 15.1. The van der Waals surface area contributed by atoms with Crippen LogP contribution in [0.2, 0.25) is 0 Å². The molecule has 112 valence electrons. The number of hydrogen-bond donors (Lipinski definition) is 2. The van der Waals surface area contributed by atoms with Gasteiger partial charge in [0.25, 0.3) is 0 Å². The molecule has 1 amide bonds. The summed E-state index contributed by atoms with van der Waals surface area (Å²) in [5, 5.41) is 8.90. The van der Waals surface area contributed by atoms with Crippen molar-refractivity contribution in [2.24, 2.45) is 0 Å². The van der Waals surface area contributed by atoms with E-state index in [0.717, 1.165) is 23.7 Å². The summed E-state index contributed by atoms with van der Waals surface area (Å²) in [6.07, 6.45) is 2.09. The molecule has 21 heavy (non-hydrogen) atoms. The maximum atomic E-state index is 11.8. The van der Waals surface area contributed by atoms with Gasteiger partial charge < -0.3 is 10.6 Å². The molecule has 0 spiro atoms. The van der Waals surface area contributed by atoms with Crippen molar-refractivity contribution in [1.82, 2.24) is 10.3 Å². The normalized spacial score (nSPS) is 10.4. The van der Waals surface area contributed by atoms with E-state index in [-0.39, 0.29) is 5.91 Å². The van der Waals surface area contributed by atoms with Crippen LogP contribution in [0.5, 0.6) is 0 Å². The number of amides is 1. The minimum absolute atomic E-state index is 0.0994. The Bertz CT molecular complexity index is 595. The van der Waals surface area contributed by atoms with Gasteiger partial charge in [0.05, 0.1) is 5.69 Å². The fraction of sp³-hybridized carbons (Fsp3) is 0.375. The third kappa shape index (κ3) is 4.86. The van der Waals surface area contributed by atoms with Gasteiger partial charge in [-0.3, -0.25) is 4.79 Å². The maximum Gasteiger partial charge on any atom is 0.220 e. The molecule has 0 bridgehead atoms. The molecule has 1 heterocycles. The molecule has 1 aromatic heterocycles. The average Bonchev–Trinajstić information content (AvgIpc) is 2.94. The lowest BCUT2D eigenvalue weighted by Crippen LogP contribution is -2.26. The van der Waals surface area contributed by atoms with Gasteiger partial charge in [0.2, 0.25) is 5.91 Å². The number of carbonyl (C=O) groups excluding carboxylic acids is 1. The van der Waals surface area contributed by atoms with Gasteiger partial charge in [-0.1, -0.05) is 24.3 Å². The quantitative estimate of drug-likeness (QED) is 0.827. The predicted molar refractivity (Wildman–Crippen MR) is 87.9 cm³/mol. The summed E-state index contributed by atoms with van der Waals surface area (Å²) in [7, 11) is 1.86. The Kier molecular flexibility index (Phi) is 5.75. The summed E-state index contributed by atoms with van der Waals surface area (Å²) in [6, 6.07) is 8.19. The highest BCUT2D eigenvalue weighted by molar-refractivity contribution is 7.13. The number of carbonyl (C=O) groups is 1. The van der Waals surface area contributed by atoms with Crippen LogP contribution in [0.4, 0.5) is 5.13 Å². The lowest BCUT2D eigenvalue weighted by molar-refractivity contribution is -0.121. The van der Waals surface area contributed by atoms with Crippen molar-refractivity contribution in [2.45, 2.75) is 26.2 Å². The SMILES string of the molecule is CNc1nc(CCNC(=O)CCc2ccccc2C)cs1. The van der Waals surface area contributed by atoms with Gasteiger partial charge in [0, 0.05) is 31.8 Å². The summed E-state index contributed by atoms with van der Waals surface area (Å²) in [5.74, 6) is 0.0994. The number of aromatic nitrogens is 1. The van der Waals surface area contributed by atoms with Crippen LogP contribution in [0.3, 0.4) is 0 Å². The number of rotatable bonds is 7. The zero-order valence-corrected chi connectivity index (χ0v) is 13.3. The number of nitrogens with one attached hydrogen (secondary N) is 2. The Morgan fingerprint density at radius 1 is 1.29 bits per heavy atom. The second-order valence-electron chi connectivity index (χ2n) is 4.92. The number of nitrogens with zero attached hydrogens (tertiary/aromatic N) is 1. The van der Waals surface area contributed by atoms with Gasteiger partial charge in [-0.25, -0.2) is 4.98 Å². The third-order valence-electron chi connectivity index (χ3n) is 3.35. The van der Waals surface area contributed by atoms with Crippen LogP contribution < -0.4 is 10.6 Å². The first kappa shape index (κ1) is 15.5. The van der Waals surface area contributed by atoms with Crippen LogP contribution in [-0.2, 0) is 17.6 Å². The Hall–Kier alpha value is -1.88. The Balaban J connectivity index is 1.69. The second kappa shape index (κ2) is 7.78. The van der Waals surface area contributed by atoms with E-state index in [1.54, 1.807) is 11.3 Å². The third-order valence-corrected chi connectivity index (χ3v) is 4.26. The van der Waals surface area contributed by atoms with E-state index >= 15 is 0 Å². The molecular weight excluding hydrogens is 282 g/mol. The zero-order valence-electron chi connectivity index (χ0n) is 12.5. The van der Waals surface area contributed by atoms with E-state index in [2.05, 4.69) is 34.7 Å². The lowest BCUT2D eigenvalue weighted by atomic mass is 10.0. The molecule has 0 fully saturated rings. The molecule has 4 nitrogen and oxygen atoms in total. The molecule has 5 heteroatoms. The van der Waals surface area contributed by atoms with Crippen molar-refractivity contribution in [3.63, 3.8) is 0 Å². The molecule has 0 atom stereocenters. The summed E-state index contributed by atoms with van der Waals surface area (Å²) >= 11 is 1.58. The molecule has 0 saturated heterocycles. The van der Waals surface area contributed by atoms with Gasteiger partial charge in [0.15, 0.2) is 5.13 Å². The monoisotopic (exact) mass is 303 g/mol. The number of hydrogen-bond acceptors (Lipinski definition) is 4. The molecule has 0 aliphatic carbocycles. The average molecular weight is 303 g/mol. The van der Waals surface area contributed by atoms with Crippen molar-refractivity contribution >= 4 is 22.4 Å². The molecule has 0 saturated carbocycles. The first-order valence-corrected chi connectivity index (χ1v) is 8.00. The molecule has 0 aliphatic rings. The van der Waals surface area contributed by atoms with Gasteiger partial charge in [0.1, 0.15) is 0 Å². The van der Waals surface area contributed by atoms with Crippen LogP contribution in [-0.4, -0.2) is 24.5 Å².